The molecule has 3 aromatic rings. The Morgan fingerprint density at radius 2 is 1.84 bits per heavy atom. The fraction of sp³-hybridized carbons (Fsp3) is 0.190. The second kappa shape index (κ2) is 7.44. The molecule has 1 aromatic heterocycles. The van der Waals surface area contributed by atoms with Crippen LogP contribution in [0.25, 0.3) is 5.69 Å². The molecule has 0 spiro atoms. The summed E-state index contributed by atoms with van der Waals surface area (Å²) in [6, 6.07) is 16.5. The molecule has 0 aliphatic rings. The van der Waals surface area contributed by atoms with Crippen LogP contribution in [0.1, 0.15) is 22.5 Å². The van der Waals surface area contributed by atoms with Crippen LogP contribution in [0, 0.1) is 24.3 Å². The van der Waals surface area contributed by atoms with Gasteiger partial charge in [0.2, 0.25) is 0 Å². The molecule has 0 atom stereocenters. The topological polar surface area (TPSA) is 26.5 Å². The summed E-state index contributed by atoms with van der Waals surface area (Å²) in [6.45, 7) is 6.40. The largest absolute Gasteiger partial charge is 0.497 e. The Hall–Kier alpha value is -2.08. The molecule has 4 heteroatoms. The molecule has 0 radical (unpaired) electrons. The monoisotopic (exact) mass is 444 g/mol. The Kier molecular flexibility index (Phi) is 5.27. The fourth-order valence-electron chi connectivity index (χ4n) is 2.92. The number of nitrogens with zero attached hydrogens (tertiary/aromatic N) is 2. The Labute approximate surface area is 162 Å². The van der Waals surface area contributed by atoms with Crippen molar-refractivity contribution in [2.24, 2.45) is 4.99 Å². The maximum atomic E-state index is 5.25. The molecule has 128 valence electrons. The van der Waals surface area contributed by atoms with E-state index in [-0.39, 0.29) is 0 Å². The number of rotatable bonds is 4. The van der Waals surface area contributed by atoms with E-state index in [0.29, 0.717) is 0 Å². The van der Waals surface area contributed by atoms with E-state index in [2.05, 4.69) is 77.2 Å². The molecule has 3 nitrogen and oxygen atoms in total. The second-order valence-electron chi connectivity index (χ2n) is 6.06. The molecule has 0 aliphatic carbocycles. The number of benzene rings is 2. The smallest absolute Gasteiger partial charge is 0.121 e. The summed E-state index contributed by atoms with van der Waals surface area (Å²) in [4.78, 5) is 4.61. The molecule has 0 aliphatic heterocycles. The van der Waals surface area contributed by atoms with Crippen molar-refractivity contribution in [3.8, 4) is 11.4 Å². The van der Waals surface area contributed by atoms with Crippen LogP contribution in [0.15, 0.2) is 53.5 Å². The summed E-state index contributed by atoms with van der Waals surface area (Å²) in [7, 11) is 1.67. The third-order valence-electron chi connectivity index (χ3n) is 4.28. The standard InChI is InChI=1S/C21H21IN2O/c1-14-10-19(8-9-21(14)22)24-15(2)11-17(16(24)3)13-23-18-6-5-7-20(12-18)25-4/h5-13H,1-4H3. The maximum Gasteiger partial charge on any atom is 0.121 e. The van der Waals surface area contributed by atoms with E-state index in [1.165, 1.54) is 26.2 Å². The zero-order chi connectivity index (χ0) is 18.0. The lowest BCUT2D eigenvalue weighted by atomic mass is 10.2. The summed E-state index contributed by atoms with van der Waals surface area (Å²) in [5, 5.41) is 0. The maximum absolute atomic E-state index is 5.25. The van der Waals surface area contributed by atoms with E-state index in [1.807, 2.05) is 30.5 Å². The van der Waals surface area contributed by atoms with Crippen LogP contribution in [0.4, 0.5) is 5.69 Å². The molecule has 0 amide bonds. The van der Waals surface area contributed by atoms with Crippen LogP contribution in [0.2, 0.25) is 0 Å². The number of aryl methyl sites for hydroxylation is 2. The van der Waals surface area contributed by atoms with Crippen molar-refractivity contribution >= 4 is 34.5 Å². The lowest BCUT2D eigenvalue weighted by Crippen LogP contribution is -2.00. The summed E-state index contributed by atoms with van der Waals surface area (Å²) in [6.07, 6.45) is 1.92. The van der Waals surface area contributed by atoms with Gasteiger partial charge in [-0.3, -0.25) is 4.99 Å². The van der Waals surface area contributed by atoms with Crippen LogP contribution in [-0.4, -0.2) is 17.9 Å². The average molecular weight is 444 g/mol. The number of aliphatic imine (C=N–C) groups is 1. The predicted octanol–water partition coefficient (Wildman–Crippen LogP) is 5.77. The molecule has 0 saturated heterocycles. The first-order valence-electron chi connectivity index (χ1n) is 8.13. The Morgan fingerprint density at radius 1 is 1.04 bits per heavy atom. The highest BCUT2D eigenvalue weighted by Gasteiger charge is 2.10. The van der Waals surface area contributed by atoms with E-state index in [0.717, 1.165) is 17.0 Å². The minimum absolute atomic E-state index is 0.814. The first-order valence-corrected chi connectivity index (χ1v) is 9.21. The fourth-order valence-corrected chi connectivity index (χ4v) is 3.25. The van der Waals surface area contributed by atoms with Crippen LogP contribution in [-0.2, 0) is 0 Å². The van der Waals surface area contributed by atoms with Crippen LogP contribution >= 0.6 is 22.6 Å². The van der Waals surface area contributed by atoms with Gasteiger partial charge in [-0.25, -0.2) is 0 Å². The van der Waals surface area contributed by atoms with E-state index in [9.17, 15) is 0 Å². The Balaban J connectivity index is 1.96. The van der Waals surface area contributed by atoms with E-state index in [4.69, 9.17) is 4.74 Å². The van der Waals surface area contributed by atoms with Crippen molar-refractivity contribution in [1.29, 1.82) is 0 Å². The Morgan fingerprint density at radius 3 is 2.56 bits per heavy atom. The summed E-state index contributed by atoms with van der Waals surface area (Å²) in [5.41, 5.74) is 6.87. The average Bonchev–Trinajstić information content (AvgIpc) is 2.89. The van der Waals surface area contributed by atoms with Gasteiger partial charge in [-0.15, -0.1) is 0 Å². The molecule has 0 unspecified atom stereocenters. The summed E-state index contributed by atoms with van der Waals surface area (Å²) < 4.78 is 8.81. The summed E-state index contributed by atoms with van der Waals surface area (Å²) in [5.74, 6) is 0.814. The summed E-state index contributed by atoms with van der Waals surface area (Å²) >= 11 is 2.37. The first-order chi connectivity index (χ1) is 12.0. The molecule has 2 aromatic carbocycles. The zero-order valence-electron chi connectivity index (χ0n) is 14.9. The van der Waals surface area contributed by atoms with Gasteiger partial charge in [-0.1, -0.05) is 6.07 Å². The molecule has 3 rings (SSSR count). The number of halogens is 1. The van der Waals surface area contributed by atoms with Crippen molar-refractivity contribution in [2.45, 2.75) is 20.8 Å². The van der Waals surface area contributed by atoms with Gasteiger partial charge in [-0.05, 0) is 85.3 Å². The second-order valence-corrected chi connectivity index (χ2v) is 7.22. The highest BCUT2D eigenvalue weighted by atomic mass is 127. The molecule has 0 fully saturated rings. The molecular weight excluding hydrogens is 423 g/mol. The van der Waals surface area contributed by atoms with Crippen LogP contribution in [0.3, 0.4) is 0 Å². The van der Waals surface area contributed by atoms with E-state index in [1.54, 1.807) is 7.11 Å². The third kappa shape index (κ3) is 3.79. The van der Waals surface area contributed by atoms with E-state index < -0.39 is 0 Å². The Bertz CT molecular complexity index is 941. The van der Waals surface area contributed by atoms with E-state index >= 15 is 0 Å². The van der Waals surface area contributed by atoms with Crippen molar-refractivity contribution in [2.75, 3.05) is 7.11 Å². The lowest BCUT2D eigenvalue weighted by Gasteiger charge is -2.11. The van der Waals surface area contributed by atoms with Gasteiger partial charge in [-0.2, -0.15) is 0 Å². The number of hydrogen-bond donors (Lipinski definition) is 0. The van der Waals surface area contributed by atoms with Gasteiger partial charge in [0.05, 0.1) is 12.8 Å². The van der Waals surface area contributed by atoms with Gasteiger partial charge >= 0.3 is 0 Å². The number of ether oxygens (including phenoxy) is 1. The minimum atomic E-state index is 0.814. The SMILES string of the molecule is COc1cccc(N=Cc2cc(C)n(-c3ccc(I)c(C)c3)c2C)c1. The predicted molar refractivity (Wildman–Crippen MR) is 113 cm³/mol. The minimum Gasteiger partial charge on any atom is -0.497 e. The highest BCUT2D eigenvalue weighted by Crippen LogP contribution is 2.24. The zero-order valence-corrected chi connectivity index (χ0v) is 17.0. The van der Waals surface area contributed by atoms with Gasteiger partial charge in [0.1, 0.15) is 5.75 Å². The highest BCUT2D eigenvalue weighted by molar-refractivity contribution is 14.1. The molecule has 0 saturated carbocycles. The van der Waals surface area contributed by atoms with Crippen LogP contribution < -0.4 is 4.74 Å². The van der Waals surface area contributed by atoms with Crippen molar-refractivity contribution in [3.63, 3.8) is 0 Å². The number of hydrogen-bond acceptors (Lipinski definition) is 2. The van der Waals surface area contributed by atoms with Gasteiger partial charge in [0, 0.05) is 38.5 Å². The molecule has 1 heterocycles. The number of aromatic nitrogens is 1. The molecule has 0 N–H and O–H groups in total. The van der Waals surface area contributed by atoms with Crippen molar-refractivity contribution in [3.05, 3.63) is 74.6 Å². The quantitative estimate of drug-likeness (QED) is 0.371. The number of methoxy groups -OCH3 is 1. The van der Waals surface area contributed by atoms with Gasteiger partial charge < -0.3 is 9.30 Å². The molecular formula is C21H21IN2O. The lowest BCUT2D eigenvalue weighted by molar-refractivity contribution is 0.415. The normalized spacial score (nSPS) is 11.2. The van der Waals surface area contributed by atoms with Crippen LogP contribution in [0.5, 0.6) is 5.75 Å². The first kappa shape index (κ1) is 17.7. The van der Waals surface area contributed by atoms with Crippen molar-refractivity contribution in [1.82, 2.24) is 4.57 Å². The van der Waals surface area contributed by atoms with Gasteiger partial charge in [0.15, 0.2) is 0 Å². The van der Waals surface area contributed by atoms with Gasteiger partial charge in [0.25, 0.3) is 0 Å². The molecule has 25 heavy (non-hydrogen) atoms. The third-order valence-corrected chi connectivity index (χ3v) is 5.49. The van der Waals surface area contributed by atoms with Crippen molar-refractivity contribution < 1.29 is 4.74 Å². The molecule has 0 bridgehead atoms.